The molecule has 0 fully saturated rings. The van der Waals surface area contributed by atoms with Gasteiger partial charge in [0.25, 0.3) is 0 Å². The number of carbonyl (C=O) groups excluding carboxylic acids is 2. The molecule has 0 saturated heterocycles. The molecule has 24 heavy (non-hydrogen) atoms. The minimum Gasteiger partial charge on any atom is -0.372 e. The molecule has 2 amide bonds. The lowest BCUT2D eigenvalue weighted by Gasteiger charge is -2.34. The molecule has 0 saturated carbocycles. The number of amides is 2. The molecule has 2 N–H and O–H groups in total. The third-order valence-electron chi connectivity index (χ3n) is 4.10. The molecule has 124 valence electrons. The van der Waals surface area contributed by atoms with Crippen LogP contribution < -0.4 is 15.5 Å². The molecule has 1 heterocycles. The maximum absolute atomic E-state index is 12.6. The number of carbonyl (C=O) groups is 2. The molecule has 0 bridgehead atoms. The molecule has 1 unspecified atom stereocenters. The van der Waals surface area contributed by atoms with Gasteiger partial charge in [0.2, 0.25) is 11.8 Å². The van der Waals surface area contributed by atoms with E-state index in [1.54, 1.807) is 4.90 Å². The van der Waals surface area contributed by atoms with Crippen LogP contribution in [0.2, 0.25) is 0 Å². The van der Waals surface area contributed by atoms with E-state index in [0.717, 1.165) is 22.6 Å². The zero-order valence-corrected chi connectivity index (χ0v) is 13.9. The molecular formula is C19H21N3O2. The van der Waals surface area contributed by atoms with Gasteiger partial charge in [0.05, 0.1) is 11.4 Å². The molecule has 3 rings (SSSR count). The highest BCUT2D eigenvalue weighted by Gasteiger charge is 2.32. The summed E-state index contributed by atoms with van der Waals surface area (Å²) >= 11 is 0. The normalized spacial score (nSPS) is 16.3. The van der Waals surface area contributed by atoms with Gasteiger partial charge < -0.3 is 10.6 Å². The van der Waals surface area contributed by atoms with E-state index >= 15 is 0 Å². The Labute approximate surface area is 141 Å². The van der Waals surface area contributed by atoms with E-state index in [4.69, 9.17) is 0 Å². The lowest BCUT2D eigenvalue weighted by Crippen LogP contribution is -2.49. The quantitative estimate of drug-likeness (QED) is 0.908. The third-order valence-corrected chi connectivity index (χ3v) is 4.10. The lowest BCUT2D eigenvalue weighted by atomic mass is 10.1. The Morgan fingerprint density at radius 1 is 1.21 bits per heavy atom. The van der Waals surface area contributed by atoms with Crippen LogP contribution in [0.4, 0.5) is 17.1 Å². The van der Waals surface area contributed by atoms with E-state index in [9.17, 15) is 9.59 Å². The molecule has 2 aromatic carbocycles. The van der Waals surface area contributed by atoms with Crippen LogP contribution in [-0.4, -0.2) is 24.4 Å². The van der Waals surface area contributed by atoms with Crippen molar-refractivity contribution in [3.8, 4) is 0 Å². The van der Waals surface area contributed by atoms with Gasteiger partial charge in [-0.05, 0) is 43.2 Å². The van der Waals surface area contributed by atoms with Gasteiger partial charge in [-0.3, -0.25) is 14.5 Å². The van der Waals surface area contributed by atoms with Crippen molar-refractivity contribution in [3.05, 3.63) is 54.1 Å². The fourth-order valence-electron chi connectivity index (χ4n) is 2.89. The fourth-order valence-corrected chi connectivity index (χ4v) is 2.89. The van der Waals surface area contributed by atoms with Crippen LogP contribution in [0.5, 0.6) is 0 Å². The Balaban J connectivity index is 1.80. The van der Waals surface area contributed by atoms with Crippen molar-refractivity contribution in [3.63, 3.8) is 0 Å². The first-order valence-corrected chi connectivity index (χ1v) is 8.12. The summed E-state index contributed by atoms with van der Waals surface area (Å²) in [6.45, 7) is 3.92. The van der Waals surface area contributed by atoms with E-state index in [0.29, 0.717) is 6.42 Å². The standard InChI is InChI=1S/C19H21N3O2/c1-3-15-19(24)22(17-10-5-4-9-16(17)21-15)12-18(23)20-14-8-6-7-13(2)11-14/h4-11,15,21H,3,12H2,1-2H3,(H,20,23). The Morgan fingerprint density at radius 3 is 2.75 bits per heavy atom. The monoisotopic (exact) mass is 323 g/mol. The summed E-state index contributed by atoms with van der Waals surface area (Å²) in [5.41, 5.74) is 3.43. The molecule has 2 aromatic rings. The summed E-state index contributed by atoms with van der Waals surface area (Å²) in [4.78, 5) is 26.6. The van der Waals surface area contributed by atoms with Gasteiger partial charge in [-0.2, -0.15) is 0 Å². The van der Waals surface area contributed by atoms with Crippen molar-refractivity contribution < 1.29 is 9.59 Å². The minimum absolute atomic E-state index is 0.00195. The lowest BCUT2D eigenvalue weighted by molar-refractivity contribution is -0.122. The van der Waals surface area contributed by atoms with Gasteiger partial charge in [-0.25, -0.2) is 0 Å². The number of nitrogens with zero attached hydrogens (tertiary/aromatic N) is 1. The number of anilines is 3. The van der Waals surface area contributed by atoms with Crippen molar-refractivity contribution in [2.24, 2.45) is 0 Å². The first kappa shape index (κ1) is 16.1. The summed E-state index contributed by atoms with van der Waals surface area (Å²) < 4.78 is 0. The Morgan fingerprint density at radius 2 is 2.00 bits per heavy atom. The summed E-state index contributed by atoms with van der Waals surface area (Å²) in [5, 5.41) is 6.09. The zero-order chi connectivity index (χ0) is 17.1. The van der Waals surface area contributed by atoms with Gasteiger partial charge in [0.1, 0.15) is 12.6 Å². The summed E-state index contributed by atoms with van der Waals surface area (Å²) in [6, 6.07) is 14.9. The van der Waals surface area contributed by atoms with Crippen LogP contribution >= 0.6 is 0 Å². The molecule has 1 aliphatic rings. The number of hydrogen-bond acceptors (Lipinski definition) is 3. The predicted molar refractivity (Wildman–Crippen MR) is 96.3 cm³/mol. The first-order valence-electron chi connectivity index (χ1n) is 8.12. The number of para-hydroxylation sites is 2. The topological polar surface area (TPSA) is 61.4 Å². The fraction of sp³-hybridized carbons (Fsp3) is 0.263. The van der Waals surface area contributed by atoms with Crippen molar-refractivity contribution in [2.75, 3.05) is 22.1 Å². The van der Waals surface area contributed by atoms with Crippen LogP contribution in [0.25, 0.3) is 0 Å². The SMILES string of the molecule is CCC1Nc2ccccc2N(CC(=O)Nc2cccc(C)c2)C1=O. The highest BCUT2D eigenvalue weighted by atomic mass is 16.2. The van der Waals surface area contributed by atoms with Gasteiger partial charge in [0.15, 0.2) is 0 Å². The summed E-state index contributed by atoms with van der Waals surface area (Å²) in [7, 11) is 0. The Kier molecular flexibility index (Phi) is 4.51. The van der Waals surface area contributed by atoms with Gasteiger partial charge >= 0.3 is 0 Å². The Bertz CT molecular complexity index is 773. The van der Waals surface area contributed by atoms with E-state index in [1.807, 2.05) is 62.4 Å². The molecule has 0 aliphatic carbocycles. The van der Waals surface area contributed by atoms with Gasteiger partial charge in [0, 0.05) is 5.69 Å². The molecule has 0 aromatic heterocycles. The average molecular weight is 323 g/mol. The molecule has 5 nitrogen and oxygen atoms in total. The largest absolute Gasteiger partial charge is 0.372 e. The summed E-state index contributed by atoms with van der Waals surface area (Å²) in [5.74, 6) is -0.281. The third kappa shape index (κ3) is 3.25. The van der Waals surface area contributed by atoms with Crippen molar-refractivity contribution in [2.45, 2.75) is 26.3 Å². The highest BCUT2D eigenvalue weighted by molar-refractivity contribution is 6.09. The molecule has 0 radical (unpaired) electrons. The molecular weight excluding hydrogens is 302 g/mol. The summed E-state index contributed by atoms with van der Waals surface area (Å²) in [6.07, 6.45) is 0.670. The van der Waals surface area contributed by atoms with Crippen LogP contribution in [0, 0.1) is 6.92 Å². The van der Waals surface area contributed by atoms with E-state index in [-0.39, 0.29) is 24.4 Å². The van der Waals surface area contributed by atoms with E-state index in [1.165, 1.54) is 0 Å². The number of rotatable bonds is 4. The van der Waals surface area contributed by atoms with Gasteiger partial charge in [-0.15, -0.1) is 0 Å². The highest BCUT2D eigenvalue weighted by Crippen LogP contribution is 2.31. The number of nitrogens with one attached hydrogen (secondary N) is 2. The van der Waals surface area contributed by atoms with E-state index in [2.05, 4.69) is 10.6 Å². The second-order valence-corrected chi connectivity index (χ2v) is 5.96. The van der Waals surface area contributed by atoms with Crippen LogP contribution in [0.15, 0.2) is 48.5 Å². The molecule has 0 spiro atoms. The predicted octanol–water partition coefficient (Wildman–Crippen LogP) is 3.17. The number of aryl methyl sites for hydroxylation is 1. The van der Waals surface area contributed by atoms with Gasteiger partial charge in [-0.1, -0.05) is 31.2 Å². The molecule has 1 aliphatic heterocycles. The number of benzene rings is 2. The Hall–Kier alpha value is -2.82. The smallest absolute Gasteiger partial charge is 0.250 e. The first-order chi connectivity index (χ1) is 11.6. The minimum atomic E-state index is -0.299. The average Bonchev–Trinajstić information content (AvgIpc) is 2.57. The number of hydrogen-bond donors (Lipinski definition) is 2. The van der Waals surface area contributed by atoms with E-state index < -0.39 is 0 Å². The molecule has 1 atom stereocenters. The zero-order valence-electron chi connectivity index (χ0n) is 13.9. The maximum atomic E-state index is 12.6. The van der Waals surface area contributed by atoms with Crippen molar-refractivity contribution in [1.29, 1.82) is 0 Å². The van der Waals surface area contributed by atoms with Crippen LogP contribution in [0.3, 0.4) is 0 Å². The van der Waals surface area contributed by atoms with Crippen LogP contribution in [0.1, 0.15) is 18.9 Å². The maximum Gasteiger partial charge on any atom is 0.250 e. The molecule has 5 heteroatoms. The second-order valence-electron chi connectivity index (χ2n) is 5.96. The second kappa shape index (κ2) is 6.74. The van der Waals surface area contributed by atoms with Crippen molar-refractivity contribution >= 4 is 28.9 Å². The number of fused-ring (bicyclic) bond motifs is 1. The van der Waals surface area contributed by atoms with Crippen molar-refractivity contribution in [1.82, 2.24) is 0 Å². The van der Waals surface area contributed by atoms with Crippen LogP contribution in [-0.2, 0) is 9.59 Å².